The molecule has 1 atom stereocenters. The Labute approximate surface area is 120 Å². The van der Waals surface area contributed by atoms with E-state index in [1.165, 1.54) is 17.5 Å². The van der Waals surface area contributed by atoms with Gasteiger partial charge in [0.1, 0.15) is 17.3 Å². The minimum absolute atomic E-state index is 0.147. The van der Waals surface area contributed by atoms with E-state index in [0.29, 0.717) is 15.4 Å². The maximum absolute atomic E-state index is 5.94. The number of nitrogens with zero attached hydrogens (tertiary/aromatic N) is 2. The summed E-state index contributed by atoms with van der Waals surface area (Å²) >= 11 is 9.32. The van der Waals surface area contributed by atoms with Gasteiger partial charge in [-0.05, 0) is 40.9 Å². The summed E-state index contributed by atoms with van der Waals surface area (Å²) in [6.07, 6.45) is 1.44. The van der Waals surface area contributed by atoms with E-state index in [4.69, 9.17) is 11.6 Å². The maximum Gasteiger partial charge on any atom is 0.148 e. The zero-order valence-corrected chi connectivity index (χ0v) is 12.5. The number of benzene rings is 1. The minimum Gasteiger partial charge on any atom is -0.362 e. The molecule has 0 aliphatic carbocycles. The van der Waals surface area contributed by atoms with Crippen molar-refractivity contribution in [3.63, 3.8) is 0 Å². The van der Waals surface area contributed by atoms with Crippen LogP contribution >= 0.6 is 27.5 Å². The summed E-state index contributed by atoms with van der Waals surface area (Å²) in [7, 11) is 0. The summed E-state index contributed by atoms with van der Waals surface area (Å²) in [5.74, 6) is 0.700. The molecule has 1 N–H and O–H groups in total. The van der Waals surface area contributed by atoms with Crippen molar-refractivity contribution in [2.24, 2.45) is 0 Å². The molecular weight excluding hydrogens is 314 g/mol. The standard InChI is InChI=1S/C13H13BrClN3/c1-8-5-3-4-6-10(8)9(2)18-13-11(14)12(15)16-7-17-13/h3-7,9H,1-2H3,(H,16,17,18). The van der Waals surface area contributed by atoms with Crippen molar-refractivity contribution < 1.29 is 0 Å². The topological polar surface area (TPSA) is 37.8 Å². The van der Waals surface area contributed by atoms with E-state index in [1.807, 2.05) is 12.1 Å². The average Bonchev–Trinajstić information content (AvgIpc) is 2.35. The van der Waals surface area contributed by atoms with Crippen LogP contribution in [-0.2, 0) is 0 Å². The summed E-state index contributed by atoms with van der Waals surface area (Å²) in [5.41, 5.74) is 2.48. The van der Waals surface area contributed by atoms with Crippen molar-refractivity contribution in [2.45, 2.75) is 19.9 Å². The van der Waals surface area contributed by atoms with Gasteiger partial charge in [-0.15, -0.1) is 0 Å². The van der Waals surface area contributed by atoms with Crippen molar-refractivity contribution >= 4 is 33.3 Å². The Hall–Kier alpha value is -1.13. The molecule has 0 saturated heterocycles. The van der Waals surface area contributed by atoms with Crippen molar-refractivity contribution in [3.05, 3.63) is 51.3 Å². The van der Waals surface area contributed by atoms with E-state index in [0.717, 1.165) is 0 Å². The number of anilines is 1. The predicted molar refractivity (Wildman–Crippen MR) is 78.0 cm³/mol. The molecule has 2 aromatic rings. The van der Waals surface area contributed by atoms with Crippen LogP contribution in [0, 0.1) is 6.92 Å². The van der Waals surface area contributed by atoms with Crippen LogP contribution in [0.15, 0.2) is 35.1 Å². The van der Waals surface area contributed by atoms with Gasteiger partial charge >= 0.3 is 0 Å². The largest absolute Gasteiger partial charge is 0.362 e. The molecule has 1 aromatic carbocycles. The summed E-state index contributed by atoms with van der Waals surface area (Å²) in [5, 5.41) is 3.73. The van der Waals surface area contributed by atoms with E-state index in [1.54, 1.807) is 0 Å². The van der Waals surface area contributed by atoms with Crippen LogP contribution < -0.4 is 5.32 Å². The number of aromatic nitrogens is 2. The molecule has 0 bridgehead atoms. The van der Waals surface area contributed by atoms with Crippen LogP contribution in [-0.4, -0.2) is 9.97 Å². The highest BCUT2D eigenvalue weighted by molar-refractivity contribution is 9.10. The Morgan fingerprint density at radius 2 is 2.00 bits per heavy atom. The molecule has 5 heteroatoms. The third-order valence-electron chi connectivity index (χ3n) is 2.76. The third kappa shape index (κ3) is 2.82. The van der Waals surface area contributed by atoms with Crippen molar-refractivity contribution in [3.8, 4) is 0 Å². The lowest BCUT2D eigenvalue weighted by molar-refractivity contribution is 0.860. The van der Waals surface area contributed by atoms with Crippen molar-refractivity contribution in [2.75, 3.05) is 5.32 Å². The van der Waals surface area contributed by atoms with Gasteiger partial charge in [0, 0.05) is 0 Å². The van der Waals surface area contributed by atoms with E-state index >= 15 is 0 Å². The normalized spacial score (nSPS) is 12.2. The summed E-state index contributed by atoms with van der Waals surface area (Å²) < 4.78 is 0.687. The highest BCUT2D eigenvalue weighted by Gasteiger charge is 2.12. The van der Waals surface area contributed by atoms with Crippen LogP contribution in [0.5, 0.6) is 0 Å². The number of nitrogens with one attached hydrogen (secondary N) is 1. The Morgan fingerprint density at radius 3 is 2.72 bits per heavy atom. The van der Waals surface area contributed by atoms with Gasteiger partial charge in [0.05, 0.1) is 10.5 Å². The van der Waals surface area contributed by atoms with Crippen LogP contribution in [0.3, 0.4) is 0 Å². The molecule has 1 unspecified atom stereocenters. The second-order valence-electron chi connectivity index (χ2n) is 4.05. The molecule has 1 heterocycles. The third-order valence-corrected chi connectivity index (χ3v) is 4.02. The zero-order chi connectivity index (χ0) is 13.1. The maximum atomic E-state index is 5.94. The van der Waals surface area contributed by atoms with Crippen molar-refractivity contribution in [1.82, 2.24) is 9.97 Å². The molecule has 0 fully saturated rings. The first-order valence-corrected chi connectivity index (χ1v) is 6.74. The Bertz CT molecular complexity index is 560. The summed E-state index contributed by atoms with van der Waals surface area (Å²) in [4.78, 5) is 8.09. The molecule has 2 rings (SSSR count). The predicted octanol–water partition coefficient (Wildman–Crippen LogP) is 4.37. The van der Waals surface area contributed by atoms with Gasteiger partial charge in [-0.2, -0.15) is 0 Å². The second-order valence-corrected chi connectivity index (χ2v) is 5.20. The SMILES string of the molecule is Cc1ccccc1C(C)Nc1ncnc(Cl)c1Br. The Kier molecular flexibility index (Phi) is 4.19. The molecule has 0 saturated carbocycles. The first-order valence-electron chi connectivity index (χ1n) is 5.57. The number of hydrogen-bond acceptors (Lipinski definition) is 3. The van der Waals surface area contributed by atoms with Gasteiger partial charge in [-0.3, -0.25) is 0 Å². The lowest BCUT2D eigenvalue weighted by Gasteiger charge is -2.17. The lowest BCUT2D eigenvalue weighted by Crippen LogP contribution is -2.10. The molecule has 3 nitrogen and oxygen atoms in total. The fourth-order valence-electron chi connectivity index (χ4n) is 1.80. The van der Waals surface area contributed by atoms with E-state index in [2.05, 4.69) is 57.2 Å². The quantitative estimate of drug-likeness (QED) is 0.851. The fourth-order valence-corrected chi connectivity index (χ4v) is 2.26. The number of halogens is 2. The molecule has 94 valence electrons. The summed E-state index contributed by atoms with van der Waals surface area (Å²) in [6, 6.07) is 8.40. The number of aryl methyl sites for hydroxylation is 1. The second kappa shape index (κ2) is 5.67. The first kappa shape index (κ1) is 13.3. The molecule has 0 spiro atoms. The molecule has 0 radical (unpaired) electrons. The van der Waals surface area contributed by atoms with E-state index in [-0.39, 0.29) is 6.04 Å². The summed E-state index contributed by atoms with van der Waals surface area (Å²) in [6.45, 7) is 4.18. The molecule has 18 heavy (non-hydrogen) atoms. The van der Waals surface area contributed by atoms with Crippen LogP contribution in [0.4, 0.5) is 5.82 Å². The molecule has 0 amide bonds. The fraction of sp³-hybridized carbons (Fsp3) is 0.231. The highest BCUT2D eigenvalue weighted by atomic mass is 79.9. The Morgan fingerprint density at radius 1 is 1.28 bits per heavy atom. The van der Waals surface area contributed by atoms with E-state index < -0.39 is 0 Å². The molecule has 1 aromatic heterocycles. The lowest BCUT2D eigenvalue weighted by atomic mass is 10.0. The highest BCUT2D eigenvalue weighted by Crippen LogP contribution is 2.29. The van der Waals surface area contributed by atoms with Gasteiger partial charge in [0.25, 0.3) is 0 Å². The van der Waals surface area contributed by atoms with Gasteiger partial charge < -0.3 is 5.32 Å². The molecular formula is C13H13BrClN3. The zero-order valence-electron chi connectivity index (χ0n) is 10.1. The van der Waals surface area contributed by atoms with Crippen LogP contribution in [0.1, 0.15) is 24.1 Å². The minimum atomic E-state index is 0.147. The monoisotopic (exact) mass is 325 g/mol. The number of rotatable bonds is 3. The van der Waals surface area contributed by atoms with Crippen LogP contribution in [0.2, 0.25) is 5.15 Å². The van der Waals surface area contributed by atoms with Gasteiger partial charge in [0.15, 0.2) is 0 Å². The average molecular weight is 327 g/mol. The number of hydrogen-bond donors (Lipinski definition) is 1. The molecule has 0 aliphatic heterocycles. The van der Waals surface area contributed by atoms with Gasteiger partial charge in [-0.25, -0.2) is 9.97 Å². The van der Waals surface area contributed by atoms with Gasteiger partial charge in [-0.1, -0.05) is 35.9 Å². The van der Waals surface area contributed by atoms with Crippen LogP contribution in [0.25, 0.3) is 0 Å². The van der Waals surface area contributed by atoms with Crippen molar-refractivity contribution in [1.29, 1.82) is 0 Å². The van der Waals surface area contributed by atoms with Gasteiger partial charge in [0.2, 0.25) is 0 Å². The Balaban J connectivity index is 2.24. The molecule has 0 aliphatic rings. The van der Waals surface area contributed by atoms with E-state index in [9.17, 15) is 0 Å². The first-order chi connectivity index (χ1) is 8.59. The smallest absolute Gasteiger partial charge is 0.148 e.